The number of nitrogens with one attached hydrogen (secondary N) is 1. The van der Waals surface area contributed by atoms with Gasteiger partial charge >= 0.3 is 30.1 Å². The zero-order valence-electron chi connectivity index (χ0n) is 43.3. The van der Waals surface area contributed by atoms with Gasteiger partial charge in [-0.3, -0.25) is 14.4 Å². The number of benzene rings is 3. The van der Waals surface area contributed by atoms with Crippen molar-refractivity contribution in [1.82, 2.24) is 15.1 Å². The van der Waals surface area contributed by atoms with E-state index in [-0.39, 0.29) is 43.2 Å². The third-order valence-corrected chi connectivity index (χ3v) is 16.0. The van der Waals surface area contributed by atoms with Crippen molar-refractivity contribution >= 4 is 41.8 Å². The molecule has 0 aliphatic heterocycles. The molecule has 73 heavy (non-hydrogen) atoms. The number of aliphatic hydroxyl groups is 2. The first kappa shape index (κ1) is 54.2. The Morgan fingerprint density at radius 1 is 0.808 bits per heavy atom. The second-order valence-corrected chi connectivity index (χ2v) is 21.2. The van der Waals surface area contributed by atoms with E-state index in [1.54, 1.807) is 127 Å². The smallest absolute Gasteiger partial charge is 0.410 e. The highest BCUT2D eigenvalue weighted by molar-refractivity contribution is 5.95. The molecule has 0 radical (unpaired) electrons. The Balaban J connectivity index is 1.35. The van der Waals surface area contributed by atoms with E-state index in [0.717, 1.165) is 4.90 Å². The van der Waals surface area contributed by atoms with Crippen molar-refractivity contribution < 1.29 is 67.5 Å². The van der Waals surface area contributed by atoms with Gasteiger partial charge in [0.1, 0.15) is 35.2 Å². The largest absolute Gasteiger partial charge is 0.458 e. The van der Waals surface area contributed by atoms with Gasteiger partial charge in [0.25, 0.3) is 5.91 Å². The minimum Gasteiger partial charge on any atom is -0.458 e. The van der Waals surface area contributed by atoms with Crippen molar-refractivity contribution in [1.29, 1.82) is 0 Å². The fourth-order valence-electron chi connectivity index (χ4n) is 12.1. The fourth-order valence-corrected chi connectivity index (χ4v) is 12.1. The number of hydrogen-bond donors (Lipinski definition) is 3. The molecule has 17 nitrogen and oxygen atoms in total. The predicted molar refractivity (Wildman–Crippen MR) is 265 cm³/mol. The molecule has 11 atom stereocenters. The zero-order chi connectivity index (χ0) is 53.4. The van der Waals surface area contributed by atoms with E-state index >= 15 is 9.59 Å². The van der Waals surface area contributed by atoms with Crippen LogP contribution in [0.2, 0.25) is 0 Å². The molecule has 2 bridgehead atoms. The first-order valence-corrected chi connectivity index (χ1v) is 24.9. The first-order valence-electron chi connectivity index (χ1n) is 24.9. The molecular formula is C56H69N3O14. The van der Waals surface area contributed by atoms with Crippen molar-refractivity contribution in [2.75, 3.05) is 27.2 Å². The van der Waals surface area contributed by atoms with Crippen LogP contribution in [0.1, 0.15) is 113 Å². The molecule has 0 aromatic heterocycles. The molecule has 3 amide bonds. The number of rotatable bonds is 14. The molecule has 17 heteroatoms. The van der Waals surface area contributed by atoms with Crippen LogP contribution >= 0.6 is 0 Å². The quantitative estimate of drug-likeness (QED) is 0.0840. The van der Waals surface area contributed by atoms with Gasteiger partial charge in [-0.15, -0.1) is 0 Å². The van der Waals surface area contributed by atoms with Crippen LogP contribution in [0.15, 0.2) is 102 Å². The molecule has 3 fully saturated rings. The first-order chi connectivity index (χ1) is 34.4. The second kappa shape index (κ2) is 21.1. The van der Waals surface area contributed by atoms with Gasteiger partial charge in [0.15, 0.2) is 0 Å². The van der Waals surface area contributed by atoms with Crippen molar-refractivity contribution in [3.05, 3.63) is 119 Å². The van der Waals surface area contributed by atoms with Gasteiger partial charge in [-0.05, 0) is 87.9 Å². The topological polar surface area (TPSA) is 225 Å². The number of hydrogen-bond acceptors (Lipinski definition) is 14. The molecule has 4 aliphatic rings. The lowest BCUT2D eigenvalue weighted by atomic mass is 9.40. The van der Waals surface area contributed by atoms with Gasteiger partial charge in [0.05, 0.1) is 29.1 Å². The van der Waals surface area contributed by atoms with E-state index in [4.69, 9.17) is 23.7 Å². The van der Waals surface area contributed by atoms with Gasteiger partial charge in [0.2, 0.25) is 6.10 Å². The Bertz CT molecular complexity index is 2610. The summed E-state index contributed by atoms with van der Waals surface area (Å²) in [6, 6.07) is 23.3. The van der Waals surface area contributed by atoms with Crippen LogP contribution < -0.4 is 5.32 Å². The highest BCUT2D eigenvalue weighted by Gasteiger charge is 2.76. The number of esters is 3. The van der Waals surface area contributed by atoms with Crippen LogP contribution in [0.5, 0.6) is 0 Å². The SMILES string of the molecule is CC(=O)O[C@@]12CC[C@@H]1C[C@H](O)[C@@]1(C)C(=O)[C@H](C)C3=C(C)[C@@H](OC(=O)[C@H](OC(=O)N(C)CCN(C)C(=O)OC(C)C)[C@@H](NC(=O)c4ccccc4)c4ccccc4)C[C@@](O)([C@@H](OC(=O)c4ccccc4)C12)C3(C)C. The van der Waals surface area contributed by atoms with Crippen LogP contribution in [0.3, 0.4) is 0 Å². The summed E-state index contributed by atoms with van der Waals surface area (Å²) in [5.41, 5.74) is -5.42. The van der Waals surface area contributed by atoms with E-state index < -0.39 is 118 Å². The van der Waals surface area contributed by atoms with Gasteiger partial charge in [0, 0.05) is 63.3 Å². The molecular weight excluding hydrogens is 939 g/mol. The molecule has 3 aromatic rings. The maximum atomic E-state index is 15.6. The van der Waals surface area contributed by atoms with E-state index in [9.17, 15) is 34.2 Å². The minimum atomic E-state index is -2.24. The summed E-state index contributed by atoms with van der Waals surface area (Å²) >= 11 is 0. The number of aliphatic hydroxyl groups excluding tert-OH is 1. The average molecular weight is 1010 g/mol. The van der Waals surface area contributed by atoms with Crippen molar-refractivity contribution in [3.63, 3.8) is 0 Å². The van der Waals surface area contributed by atoms with Crippen molar-refractivity contribution in [2.24, 2.45) is 28.6 Å². The molecule has 4 aliphatic carbocycles. The van der Waals surface area contributed by atoms with Crippen LogP contribution in [-0.4, -0.2) is 131 Å². The number of ketones is 1. The Kier molecular flexibility index (Phi) is 15.7. The summed E-state index contributed by atoms with van der Waals surface area (Å²) in [6.45, 7) is 13.0. The Hall–Kier alpha value is -6.59. The molecule has 3 aromatic carbocycles. The monoisotopic (exact) mass is 1010 g/mol. The van der Waals surface area contributed by atoms with Crippen LogP contribution in [-0.2, 0) is 38.1 Å². The Morgan fingerprint density at radius 2 is 1.36 bits per heavy atom. The van der Waals surface area contributed by atoms with E-state index in [1.807, 2.05) is 0 Å². The van der Waals surface area contributed by atoms with Crippen molar-refractivity contribution in [3.8, 4) is 0 Å². The molecule has 0 spiro atoms. The van der Waals surface area contributed by atoms with E-state index in [0.29, 0.717) is 23.1 Å². The normalized spacial score (nSPS) is 28.8. The number of likely N-dealkylation sites (N-methyl/N-ethyl adjacent to an activating group) is 2. The summed E-state index contributed by atoms with van der Waals surface area (Å²) in [7, 11) is 2.91. The summed E-state index contributed by atoms with van der Waals surface area (Å²) in [4.78, 5) is 102. The van der Waals surface area contributed by atoms with Gasteiger partial charge in [-0.25, -0.2) is 19.2 Å². The maximum Gasteiger partial charge on any atom is 0.410 e. The second-order valence-electron chi connectivity index (χ2n) is 21.2. The molecule has 3 N–H and O–H groups in total. The Morgan fingerprint density at radius 3 is 1.89 bits per heavy atom. The lowest BCUT2D eigenvalue weighted by Crippen LogP contribution is -2.78. The molecule has 0 heterocycles. The third kappa shape index (κ3) is 10.1. The number of amides is 3. The third-order valence-electron chi connectivity index (χ3n) is 16.0. The number of carbonyl (C=O) groups is 7. The highest BCUT2D eigenvalue weighted by Crippen LogP contribution is 2.67. The van der Waals surface area contributed by atoms with Crippen LogP contribution in [0, 0.1) is 28.6 Å². The zero-order valence-corrected chi connectivity index (χ0v) is 43.3. The number of carbonyl (C=O) groups excluding carboxylic acids is 7. The summed E-state index contributed by atoms with van der Waals surface area (Å²) in [5.74, 6) is -6.54. The molecule has 7 rings (SSSR count). The van der Waals surface area contributed by atoms with Gasteiger partial charge in [-0.1, -0.05) is 87.5 Å². The lowest BCUT2D eigenvalue weighted by Gasteiger charge is -2.68. The molecule has 1 unspecified atom stereocenters. The number of fused-ring (bicyclic) bond motifs is 5. The summed E-state index contributed by atoms with van der Waals surface area (Å²) in [5, 5.41) is 29.1. The molecule has 392 valence electrons. The number of nitrogens with zero attached hydrogens (tertiary/aromatic N) is 2. The van der Waals surface area contributed by atoms with Gasteiger partial charge < -0.3 is 49.0 Å². The average Bonchev–Trinajstić information content (AvgIpc) is 3.35. The summed E-state index contributed by atoms with van der Waals surface area (Å²) < 4.78 is 30.7. The number of ether oxygens (including phenoxy) is 5. The minimum absolute atomic E-state index is 0.0196. The lowest BCUT2D eigenvalue weighted by molar-refractivity contribution is -0.295. The van der Waals surface area contributed by atoms with Crippen molar-refractivity contribution in [2.45, 2.75) is 129 Å². The Labute approximate surface area is 426 Å². The predicted octanol–water partition coefficient (Wildman–Crippen LogP) is 7.00. The van der Waals surface area contributed by atoms with E-state index in [2.05, 4.69) is 5.32 Å². The standard InChI is InChI=1S/C56H69N3O14/c1-32(2)69-51(66)58(9)28-29-59(10)52(67)71-44(43(36-20-14-11-15-21-36)57-48(63)37-22-16-12-17-23-37)50(65)70-40-31-56(68)47(72-49(64)38-24-18-13-19-25-38)45-54(8,46(62)34(4)42(33(40)3)53(56,6)7)41(61)30-39-26-27-55(39,45)73-35(5)60/h11-25,32,34,39-41,43-45,47,61,68H,26-31H2,1-10H3,(H,57,63)/t34-,39-,40+,41+,43+,44-,45?,47+,54-,55+,56-/m1/s1. The molecule has 0 saturated heterocycles. The molecule has 3 saturated carbocycles. The van der Waals surface area contributed by atoms with Crippen LogP contribution in [0.4, 0.5) is 9.59 Å². The summed E-state index contributed by atoms with van der Waals surface area (Å²) in [6.07, 6.45) is -7.89. The van der Waals surface area contributed by atoms with Gasteiger partial charge in [-0.2, -0.15) is 0 Å². The fraction of sp³-hybridized carbons (Fsp3) is 0.518. The van der Waals surface area contributed by atoms with Crippen LogP contribution in [0.25, 0.3) is 0 Å². The number of Topliss-reactive ketones (excluding diaryl/α,β-unsaturated/α-hetero) is 1. The maximum absolute atomic E-state index is 15.6. The highest BCUT2D eigenvalue weighted by atomic mass is 16.6. The van der Waals surface area contributed by atoms with E-state index in [1.165, 1.54) is 38.1 Å².